The van der Waals surface area contributed by atoms with Gasteiger partial charge in [-0.2, -0.15) is 0 Å². The maximum atomic E-state index is 5.76. The van der Waals surface area contributed by atoms with Gasteiger partial charge in [0.2, 0.25) is 0 Å². The number of aromatic nitrogens is 1. The van der Waals surface area contributed by atoms with Gasteiger partial charge in [0.15, 0.2) is 0 Å². The van der Waals surface area contributed by atoms with Crippen molar-refractivity contribution in [1.82, 2.24) is 10.4 Å². The number of ether oxygens (including phenoxy) is 1. The number of hydrogen-bond donors (Lipinski definition) is 2. The van der Waals surface area contributed by atoms with Crippen LogP contribution in [0.2, 0.25) is 0 Å². The Bertz CT molecular complexity index is 584. The van der Waals surface area contributed by atoms with E-state index in [1.54, 1.807) is 13.3 Å². The topological polar surface area (TPSA) is 60.2 Å². The summed E-state index contributed by atoms with van der Waals surface area (Å²) >= 11 is 0. The molecule has 0 aliphatic heterocycles. The molecule has 1 aromatic heterocycles. The highest BCUT2D eigenvalue weighted by Crippen LogP contribution is 2.28. The summed E-state index contributed by atoms with van der Waals surface area (Å²) in [7, 11) is 1.70. The standard InChI is InChI=1S/C17H23N3O/c1-12-10-17(21-3)13(2)9-15(12)16(20-18)7-6-14-5-4-8-19-11-14/h4-5,8-11,16,20H,6-7,18H2,1-3H3. The van der Waals surface area contributed by atoms with Crippen molar-refractivity contribution in [3.8, 4) is 5.75 Å². The largest absolute Gasteiger partial charge is 0.496 e. The molecule has 112 valence electrons. The monoisotopic (exact) mass is 285 g/mol. The van der Waals surface area contributed by atoms with Crippen LogP contribution in [0.1, 0.15) is 34.7 Å². The van der Waals surface area contributed by atoms with Gasteiger partial charge in [0.25, 0.3) is 0 Å². The van der Waals surface area contributed by atoms with Crippen LogP contribution in [-0.2, 0) is 6.42 Å². The van der Waals surface area contributed by atoms with Crippen LogP contribution in [0.4, 0.5) is 0 Å². The van der Waals surface area contributed by atoms with E-state index in [2.05, 4.69) is 42.5 Å². The van der Waals surface area contributed by atoms with E-state index in [0.29, 0.717) is 0 Å². The molecular weight excluding hydrogens is 262 g/mol. The Morgan fingerprint density at radius 2 is 2.10 bits per heavy atom. The maximum Gasteiger partial charge on any atom is 0.122 e. The summed E-state index contributed by atoms with van der Waals surface area (Å²) in [6.45, 7) is 4.14. The van der Waals surface area contributed by atoms with Crippen molar-refractivity contribution < 1.29 is 4.74 Å². The van der Waals surface area contributed by atoms with E-state index in [9.17, 15) is 0 Å². The van der Waals surface area contributed by atoms with E-state index in [-0.39, 0.29) is 6.04 Å². The van der Waals surface area contributed by atoms with Gasteiger partial charge in [0.05, 0.1) is 7.11 Å². The summed E-state index contributed by atoms with van der Waals surface area (Å²) in [5.74, 6) is 6.68. The molecular formula is C17H23N3O. The lowest BCUT2D eigenvalue weighted by molar-refractivity contribution is 0.410. The normalized spacial score (nSPS) is 12.2. The van der Waals surface area contributed by atoms with Crippen molar-refractivity contribution in [2.24, 2.45) is 5.84 Å². The third-order valence-corrected chi connectivity index (χ3v) is 3.80. The number of aryl methyl sites for hydroxylation is 3. The molecule has 0 spiro atoms. The lowest BCUT2D eigenvalue weighted by Gasteiger charge is -2.20. The van der Waals surface area contributed by atoms with Crippen molar-refractivity contribution in [2.45, 2.75) is 32.7 Å². The Balaban J connectivity index is 2.16. The van der Waals surface area contributed by atoms with Crippen molar-refractivity contribution in [3.63, 3.8) is 0 Å². The Morgan fingerprint density at radius 3 is 2.71 bits per heavy atom. The molecule has 2 aromatic rings. The SMILES string of the molecule is COc1cc(C)c(C(CCc2cccnc2)NN)cc1C. The van der Waals surface area contributed by atoms with Gasteiger partial charge in [-0.3, -0.25) is 16.3 Å². The van der Waals surface area contributed by atoms with Gasteiger partial charge >= 0.3 is 0 Å². The molecule has 1 aromatic carbocycles. The molecule has 1 atom stereocenters. The number of nitrogens with two attached hydrogens (primary N) is 1. The van der Waals surface area contributed by atoms with Crippen LogP contribution in [0.3, 0.4) is 0 Å². The van der Waals surface area contributed by atoms with Crippen LogP contribution in [0.15, 0.2) is 36.7 Å². The molecule has 1 heterocycles. The smallest absolute Gasteiger partial charge is 0.122 e. The van der Waals surface area contributed by atoms with Gasteiger partial charge in [-0.25, -0.2) is 0 Å². The first-order chi connectivity index (χ1) is 10.2. The first-order valence-electron chi connectivity index (χ1n) is 7.16. The van der Waals surface area contributed by atoms with Crippen LogP contribution in [-0.4, -0.2) is 12.1 Å². The molecule has 0 fully saturated rings. The fraction of sp³-hybridized carbons (Fsp3) is 0.353. The van der Waals surface area contributed by atoms with Crippen LogP contribution >= 0.6 is 0 Å². The fourth-order valence-electron chi connectivity index (χ4n) is 2.59. The third-order valence-electron chi connectivity index (χ3n) is 3.80. The quantitative estimate of drug-likeness (QED) is 0.633. The Kier molecular flexibility index (Phi) is 5.31. The second-order valence-electron chi connectivity index (χ2n) is 5.30. The average molecular weight is 285 g/mol. The summed E-state index contributed by atoms with van der Waals surface area (Å²) in [6.07, 6.45) is 5.56. The fourth-order valence-corrected chi connectivity index (χ4v) is 2.59. The predicted octanol–water partition coefficient (Wildman–Crippen LogP) is 2.84. The van der Waals surface area contributed by atoms with Crippen LogP contribution < -0.4 is 16.0 Å². The zero-order valence-corrected chi connectivity index (χ0v) is 12.9. The molecule has 0 saturated heterocycles. The zero-order valence-electron chi connectivity index (χ0n) is 12.9. The molecule has 21 heavy (non-hydrogen) atoms. The van der Waals surface area contributed by atoms with Crippen molar-refractivity contribution in [1.29, 1.82) is 0 Å². The number of nitrogens with one attached hydrogen (secondary N) is 1. The number of methoxy groups -OCH3 is 1. The second kappa shape index (κ2) is 7.20. The van der Waals surface area contributed by atoms with E-state index in [0.717, 1.165) is 24.2 Å². The van der Waals surface area contributed by atoms with Crippen molar-refractivity contribution >= 4 is 0 Å². The molecule has 0 radical (unpaired) electrons. The number of pyridine rings is 1. The Morgan fingerprint density at radius 1 is 1.29 bits per heavy atom. The zero-order chi connectivity index (χ0) is 15.2. The van der Waals surface area contributed by atoms with Gasteiger partial charge in [-0.15, -0.1) is 0 Å². The summed E-state index contributed by atoms with van der Waals surface area (Å²) in [5, 5.41) is 0. The molecule has 0 aliphatic rings. The van der Waals surface area contributed by atoms with E-state index in [1.165, 1.54) is 16.7 Å². The number of hydrazine groups is 1. The highest BCUT2D eigenvalue weighted by molar-refractivity contribution is 5.42. The van der Waals surface area contributed by atoms with Gasteiger partial charge in [-0.05, 0) is 61.1 Å². The Labute approximate surface area is 126 Å². The molecule has 3 N–H and O–H groups in total. The lowest BCUT2D eigenvalue weighted by Crippen LogP contribution is -2.29. The molecule has 4 nitrogen and oxygen atoms in total. The molecule has 0 amide bonds. The summed E-state index contributed by atoms with van der Waals surface area (Å²) in [4.78, 5) is 4.15. The van der Waals surface area contributed by atoms with Gasteiger partial charge < -0.3 is 4.74 Å². The molecule has 4 heteroatoms. The second-order valence-corrected chi connectivity index (χ2v) is 5.30. The van der Waals surface area contributed by atoms with E-state index < -0.39 is 0 Å². The van der Waals surface area contributed by atoms with Crippen LogP contribution in [0.25, 0.3) is 0 Å². The highest BCUT2D eigenvalue weighted by atomic mass is 16.5. The van der Waals surface area contributed by atoms with Crippen molar-refractivity contribution in [2.75, 3.05) is 7.11 Å². The minimum atomic E-state index is 0.120. The van der Waals surface area contributed by atoms with E-state index in [1.807, 2.05) is 12.3 Å². The molecule has 0 bridgehead atoms. The molecule has 0 saturated carbocycles. The minimum Gasteiger partial charge on any atom is -0.496 e. The predicted molar refractivity (Wildman–Crippen MR) is 85.1 cm³/mol. The van der Waals surface area contributed by atoms with Gasteiger partial charge in [0, 0.05) is 18.4 Å². The molecule has 0 aliphatic carbocycles. The number of nitrogens with zero attached hydrogens (tertiary/aromatic N) is 1. The maximum absolute atomic E-state index is 5.76. The first kappa shape index (κ1) is 15.5. The molecule has 1 unspecified atom stereocenters. The Hall–Kier alpha value is -1.91. The minimum absolute atomic E-state index is 0.120. The number of benzene rings is 1. The highest BCUT2D eigenvalue weighted by Gasteiger charge is 2.14. The third kappa shape index (κ3) is 3.80. The van der Waals surface area contributed by atoms with Crippen LogP contribution in [0, 0.1) is 13.8 Å². The summed E-state index contributed by atoms with van der Waals surface area (Å²) < 4.78 is 5.36. The number of rotatable bonds is 6. The van der Waals surface area contributed by atoms with E-state index >= 15 is 0 Å². The van der Waals surface area contributed by atoms with Gasteiger partial charge in [0.1, 0.15) is 5.75 Å². The number of hydrogen-bond acceptors (Lipinski definition) is 4. The lowest BCUT2D eigenvalue weighted by atomic mass is 9.94. The summed E-state index contributed by atoms with van der Waals surface area (Å²) in [6, 6.07) is 8.39. The van der Waals surface area contributed by atoms with E-state index in [4.69, 9.17) is 10.6 Å². The van der Waals surface area contributed by atoms with Crippen molar-refractivity contribution in [3.05, 3.63) is 58.9 Å². The first-order valence-corrected chi connectivity index (χ1v) is 7.16. The summed E-state index contributed by atoms with van der Waals surface area (Å²) in [5.41, 5.74) is 7.69. The van der Waals surface area contributed by atoms with Crippen LogP contribution in [0.5, 0.6) is 5.75 Å². The van der Waals surface area contributed by atoms with Gasteiger partial charge in [-0.1, -0.05) is 12.1 Å². The molecule has 2 rings (SSSR count). The average Bonchev–Trinajstić information content (AvgIpc) is 2.51.